The van der Waals surface area contributed by atoms with Gasteiger partial charge in [-0.2, -0.15) is 0 Å². The van der Waals surface area contributed by atoms with Gasteiger partial charge in [0.25, 0.3) is 0 Å². The highest BCUT2D eigenvalue weighted by Gasteiger charge is 2.19. The van der Waals surface area contributed by atoms with Gasteiger partial charge in [0.05, 0.1) is 24.1 Å². The Morgan fingerprint density at radius 3 is 2.73 bits per heavy atom. The van der Waals surface area contributed by atoms with Crippen LogP contribution in [-0.4, -0.2) is 31.1 Å². The van der Waals surface area contributed by atoms with Crippen molar-refractivity contribution in [3.05, 3.63) is 11.9 Å². The maximum atomic E-state index is 9.83. The van der Waals surface area contributed by atoms with Crippen molar-refractivity contribution in [1.29, 1.82) is 0 Å². The Morgan fingerprint density at radius 2 is 2.27 bits per heavy atom. The molecule has 1 rings (SSSR count). The van der Waals surface area contributed by atoms with Crippen molar-refractivity contribution in [2.45, 2.75) is 37.6 Å². The standard InChI is InChI=1S/C10H18N2O2S/c1-4-10(2,14)7-15-9-11-5-8(6-13)12(9)3/h5,13-14H,4,6-7H2,1-3H3. The largest absolute Gasteiger partial charge is 0.390 e. The van der Waals surface area contributed by atoms with E-state index in [1.165, 1.54) is 11.8 Å². The van der Waals surface area contributed by atoms with Crippen molar-refractivity contribution in [3.8, 4) is 0 Å². The molecule has 0 aliphatic rings. The van der Waals surface area contributed by atoms with Crippen molar-refractivity contribution in [2.24, 2.45) is 7.05 Å². The highest BCUT2D eigenvalue weighted by atomic mass is 32.2. The van der Waals surface area contributed by atoms with Gasteiger partial charge in [-0.1, -0.05) is 18.7 Å². The summed E-state index contributed by atoms with van der Waals surface area (Å²) in [6.45, 7) is 3.77. The minimum Gasteiger partial charge on any atom is -0.390 e. The Hall–Kier alpha value is -0.520. The van der Waals surface area contributed by atoms with E-state index in [0.717, 1.165) is 17.3 Å². The maximum Gasteiger partial charge on any atom is 0.168 e. The van der Waals surface area contributed by atoms with Gasteiger partial charge in [0.2, 0.25) is 0 Å². The SMILES string of the molecule is CCC(C)(O)CSc1ncc(CO)n1C. The van der Waals surface area contributed by atoms with Crippen LogP contribution in [0.1, 0.15) is 26.0 Å². The van der Waals surface area contributed by atoms with E-state index in [2.05, 4.69) is 4.98 Å². The molecule has 1 heterocycles. The summed E-state index contributed by atoms with van der Waals surface area (Å²) in [5.74, 6) is 0.610. The highest BCUT2D eigenvalue weighted by Crippen LogP contribution is 2.23. The summed E-state index contributed by atoms with van der Waals surface area (Å²) in [6.07, 6.45) is 2.38. The molecule has 1 unspecified atom stereocenters. The number of thioether (sulfide) groups is 1. The van der Waals surface area contributed by atoms with Crippen LogP contribution in [0.15, 0.2) is 11.4 Å². The summed E-state index contributed by atoms with van der Waals surface area (Å²) in [5.41, 5.74) is 0.129. The maximum absolute atomic E-state index is 9.83. The highest BCUT2D eigenvalue weighted by molar-refractivity contribution is 7.99. The lowest BCUT2D eigenvalue weighted by molar-refractivity contribution is 0.0815. The smallest absolute Gasteiger partial charge is 0.168 e. The molecule has 0 aliphatic heterocycles. The number of nitrogens with zero attached hydrogens (tertiary/aromatic N) is 2. The summed E-state index contributed by atoms with van der Waals surface area (Å²) in [7, 11) is 1.86. The van der Waals surface area contributed by atoms with E-state index in [1.54, 1.807) is 6.20 Å². The molecule has 0 aromatic carbocycles. The predicted molar refractivity (Wildman–Crippen MR) is 60.8 cm³/mol. The van der Waals surface area contributed by atoms with Gasteiger partial charge >= 0.3 is 0 Å². The van der Waals surface area contributed by atoms with Gasteiger partial charge in [-0.05, 0) is 13.3 Å². The molecule has 86 valence electrons. The molecule has 0 saturated carbocycles. The molecule has 4 nitrogen and oxygen atoms in total. The van der Waals surface area contributed by atoms with Gasteiger partial charge in [0.1, 0.15) is 0 Å². The van der Waals surface area contributed by atoms with Crippen molar-refractivity contribution in [2.75, 3.05) is 5.75 Å². The summed E-state index contributed by atoms with van der Waals surface area (Å²) < 4.78 is 1.84. The van der Waals surface area contributed by atoms with Crippen LogP contribution in [0.2, 0.25) is 0 Å². The number of aromatic nitrogens is 2. The van der Waals surface area contributed by atoms with Crippen molar-refractivity contribution in [3.63, 3.8) is 0 Å². The van der Waals surface area contributed by atoms with E-state index >= 15 is 0 Å². The molecule has 0 aliphatic carbocycles. The lowest BCUT2D eigenvalue weighted by atomic mass is 10.1. The van der Waals surface area contributed by atoms with E-state index < -0.39 is 5.60 Å². The van der Waals surface area contributed by atoms with Gasteiger partial charge < -0.3 is 14.8 Å². The minimum absolute atomic E-state index is 0.00572. The van der Waals surface area contributed by atoms with Crippen LogP contribution in [0.5, 0.6) is 0 Å². The van der Waals surface area contributed by atoms with Crippen LogP contribution in [0, 0.1) is 0 Å². The Bertz CT molecular complexity index is 323. The van der Waals surface area contributed by atoms with Crippen molar-refractivity contribution >= 4 is 11.8 Å². The van der Waals surface area contributed by atoms with Crippen LogP contribution < -0.4 is 0 Å². The Balaban J connectivity index is 2.62. The second kappa shape index (κ2) is 5.01. The number of rotatable bonds is 5. The molecule has 2 N–H and O–H groups in total. The molecule has 0 amide bonds. The summed E-state index contributed by atoms with van der Waals surface area (Å²) in [5, 5.41) is 19.6. The first-order chi connectivity index (χ1) is 7.00. The van der Waals surface area contributed by atoms with Crippen LogP contribution >= 0.6 is 11.8 Å². The lowest BCUT2D eigenvalue weighted by Gasteiger charge is -2.20. The van der Waals surface area contributed by atoms with Crippen molar-refractivity contribution < 1.29 is 10.2 Å². The van der Waals surface area contributed by atoms with Crippen LogP contribution in [0.4, 0.5) is 0 Å². The average Bonchev–Trinajstić information content (AvgIpc) is 2.57. The molecule has 15 heavy (non-hydrogen) atoms. The number of hydrogen-bond acceptors (Lipinski definition) is 4. The zero-order chi connectivity index (χ0) is 11.5. The van der Waals surface area contributed by atoms with Gasteiger partial charge in [-0.25, -0.2) is 4.98 Å². The zero-order valence-electron chi connectivity index (χ0n) is 9.40. The second-order valence-corrected chi connectivity index (χ2v) is 4.83. The third-order valence-corrected chi connectivity index (χ3v) is 3.88. The molecular formula is C10H18N2O2S. The van der Waals surface area contributed by atoms with Gasteiger partial charge in [-0.3, -0.25) is 0 Å². The molecule has 5 heteroatoms. The summed E-state index contributed by atoms with van der Waals surface area (Å²) in [4.78, 5) is 4.18. The fraction of sp³-hybridized carbons (Fsp3) is 0.700. The third-order valence-electron chi connectivity index (χ3n) is 2.48. The topological polar surface area (TPSA) is 58.3 Å². The normalized spacial score (nSPS) is 15.3. The molecule has 0 fully saturated rings. The molecule has 0 spiro atoms. The number of aliphatic hydroxyl groups excluding tert-OH is 1. The Morgan fingerprint density at radius 1 is 1.60 bits per heavy atom. The quantitative estimate of drug-likeness (QED) is 0.745. The monoisotopic (exact) mass is 230 g/mol. The van der Waals surface area contributed by atoms with Crippen LogP contribution in [0.3, 0.4) is 0 Å². The summed E-state index contributed by atoms with van der Waals surface area (Å²) in [6, 6.07) is 0. The van der Waals surface area contributed by atoms with E-state index in [9.17, 15) is 5.11 Å². The number of aliphatic hydroxyl groups is 2. The van der Waals surface area contributed by atoms with E-state index in [1.807, 2.05) is 25.5 Å². The minimum atomic E-state index is -0.657. The first-order valence-electron chi connectivity index (χ1n) is 4.97. The predicted octanol–water partition coefficient (Wildman–Crippen LogP) is 1.17. The Kier molecular flexibility index (Phi) is 4.19. The van der Waals surface area contributed by atoms with Crippen molar-refractivity contribution in [1.82, 2.24) is 9.55 Å². The molecule has 1 aromatic rings. The third kappa shape index (κ3) is 3.22. The number of hydrogen-bond donors (Lipinski definition) is 2. The van der Waals surface area contributed by atoms with Gasteiger partial charge in [0.15, 0.2) is 5.16 Å². The molecule has 0 radical (unpaired) electrons. The fourth-order valence-corrected chi connectivity index (χ4v) is 2.11. The lowest BCUT2D eigenvalue weighted by Crippen LogP contribution is -2.26. The van der Waals surface area contributed by atoms with Gasteiger partial charge in [0, 0.05) is 12.8 Å². The first-order valence-corrected chi connectivity index (χ1v) is 5.95. The van der Waals surface area contributed by atoms with Crippen LogP contribution in [-0.2, 0) is 13.7 Å². The molecule has 1 aromatic heterocycles. The molecule has 0 saturated heterocycles. The first kappa shape index (κ1) is 12.5. The molecule has 1 atom stereocenters. The average molecular weight is 230 g/mol. The zero-order valence-corrected chi connectivity index (χ0v) is 10.2. The van der Waals surface area contributed by atoms with Gasteiger partial charge in [-0.15, -0.1) is 0 Å². The number of imidazole rings is 1. The second-order valence-electron chi connectivity index (χ2n) is 3.89. The molecule has 0 bridgehead atoms. The Labute approximate surface area is 94.3 Å². The molecular weight excluding hydrogens is 212 g/mol. The fourth-order valence-electron chi connectivity index (χ4n) is 1.03. The summed E-state index contributed by atoms with van der Waals surface area (Å²) >= 11 is 1.51. The van der Waals surface area contributed by atoms with E-state index in [-0.39, 0.29) is 6.61 Å². The van der Waals surface area contributed by atoms with E-state index in [0.29, 0.717) is 5.75 Å². The van der Waals surface area contributed by atoms with E-state index in [4.69, 9.17) is 5.11 Å². The van der Waals surface area contributed by atoms with Crippen LogP contribution in [0.25, 0.3) is 0 Å².